The van der Waals surface area contributed by atoms with Gasteiger partial charge in [-0.05, 0) is 58.3 Å². The first-order valence-corrected chi connectivity index (χ1v) is 11.3. The summed E-state index contributed by atoms with van der Waals surface area (Å²) in [6, 6.07) is 30.8. The number of allylic oxidation sites excluding steroid dienone is 1. The van der Waals surface area contributed by atoms with E-state index in [9.17, 15) is 0 Å². The first-order chi connectivity index (χ1) is 15.3. The van der Waals surface area contributed by atoms with Crippen molar-refractivity contribution in [2.75, 3.05) is 0 Å². The molecule has 0 N–H and O–H groups in total. The molecule has 4 aromatic rings. The van der Waals surface area contributed by atoms with Gasteiger partial charge in [-0.15, -0.1) is 11.8 Å². The first kappa shape index (κ1) is 18.3. The van der Waals surface area contributed by atoms with Crippen molar-refractivity contribution in [3.05, 3.63) is 114 Å². The van der Waals surface area contributed by atoms with E-state index in [-0.39, 0.29) is 11.4 Å². The summed E-state index contributed by atoms with van der Waals surface area (Å²) < 4.78 is 12.3. The Hall–Kier alpha value is -3.43. The average molecular weight is 421 g/mol. The normalized spacial score (nSPS) is 20.3. The Balaban J connectivity index is 1.26. The van der Waals surface area contributed by atoms with Gasteiger partial charge in [0.25, 0.3) is 0 Å². The van der Waals surface area contributed by atoms with Crippen molar-refractivity contribution in [2.24, 2.45) is 0 Å². The summed E-state index contributed by atoms with van der Waals surface area (Å²) in [5.74, 6) is 2.67. The van der Waals surface area contributed by atoms with Gasteiger partial charge in [0.15, 0.2) is 0 Å². The van der Waals surface area contributed by atoms with E-state index in [0.717, 1.165) is 22.8 Å². The largest absolute Gasteiger partial charge is 0.484 e. The topological polar surface area (TPSA) is 18.5 Å². The van der Waals surface area contributed by atoms with Crippen LogP contribution in [0, 0.1) is 0 Å². The molecule has 1 heterocycles. The molecular formula is C28H20O2S. The Morgan fingerprint density at radius 2 is 1.55 bits per heavy atom. The maximum absolute atomic E-state index is 6.35. The molecule has 0 fully saturated rings. The molecule has 0 spiro atoms. The van der Waals surface area contributed by atoms with Gasteiger partial charge in [0.05, 0.1) is 10.1 Å². The molecule has 0 saturated carbocycles. The zero-order valence-corrected chi connectivity index (χ0v) is 17.6. The van der Waals surface area contributed by atoms with Crippen molar-refractivity contribution in [2.45, 2.75) is 16.2 Å². The van der Waals surface area contributed by atoms with Crippen molar-refractivity contribution in [3.8, 4) is 17.2 Å². The lowest BCUT2D eigenvalue weighted by Crippen LogP contribution is -2.28. The van der Waals surface area contributed by atoms with E-state index < -0.39 is 0 Å². The molecule has 2 aliphatic rings. The molecule has 0 aromatic heterocycles. The van der Waals surface area contributed by atoms with E-state index in [1.165, 1.54) is 21.2 Å². The summed E-state index contributed by atoms with van der Waals surface area (Å²) in [6.45, 7) is 0. The van der Waals surface area contributed by atoms with Crippen molar-refractivity contribution in [1.82, 2.24) is 0 Å². The van der Waals surface area contributed by atoms with Crippen molar-refractivity contribution in [3.63, 3.8) is 0 Å². The standard InChI is InChI=1S/C28H20O2S/c1-2-7-22(8-3-1)29-23-14-10-19(11-15-23)18-21-13-17-25-27(21)31-28-24-9-5-4-6-20(24)12-16-26(28)30-25/h1-18,25,27H/b21-18+. The third-order valence-corrected chi connectivity index (χ3v) is 7.10. The van der Waals surface area contributed by atoms with E-state index in [4.69, 9.17) is 9.47 Å². The monoisotopic (exact) mass is 420 g/mol. The molecule has 0 radical (unpaired) electrons. The van der Waals surface area contributed by atoms with Crippen LogP contribution in [0.1, 0.15) is 5.56 Å². The SMILES string of the molecule is C1=CC2Oc3ccc4ccccc4c3SC2/C1=C/c1ccc(Oc2ccccc2)cc1. The van der Waals surface area contributed by atoms with E-state index in [1.54, 1.807) is 0 Å². The molecule has 3 heteroatoms. The van der Waals surface area contributed by atoms with E-state index >= 15 is 0 Å². The van der Waals surface area contributed by atoms with Crippen molar-refractivity contribution < 1.29 is 9.47 Å². The second-order valence-electron chi connectivity index (χ2n) is 7.72. The van der Waals surface area contributed by atoms with Gasteiger partial charge in [-0.3, -0.25) is 0 Å². The van der Waals surface area contributed by atoms with E-state index in [0.29, 0.717) is 0 Å². The summed E-state index contributed by atoms with van der Waals surface area (Å²) in [6.07, 6.45) is 6.70. The van der Waals surface area contributed by atoms with Crippen LogP contribution in [0.4, 0.5) is 0 Å². The molecule has 1 aliphatic heterocycles. The molecule has 150 valence electrons. The lowest BCUT2D eigenvalue weighted by Gasteiger charge is -2.29. The molecule has 6 rings (SSSR count). The molecule has 2 atom stereocenters. The Bertz CT molecular complexity index is 1310. The highest BCUT2D eigenvalue weighted by Crippen LogP contribution is 2.48. The fraction of sp³-hybridized carbons (Fsp3) is 0.0714. The highest BCUT2D eigenvalue weighted by atomic mass is 32.2. The van der Waals surface area contributed by atoms with Crippen molar-refractivity contribution in [1.29, 1.82) is 0 Å². The number of fused-ring (bicyclic) bond motifs is 4. The zero-order chi connectivity index (χ0) is 20.6. The molecule has 0 saturated heterocycles. The van der Waals surface area contributed by atoms with Gasteiger partial charge in [-0.1, -0.05) is 72.8 Å². The van der Waals surface area contributed by atoms with Gasteiger partial charge in [0.2, 0.25) is 0 Å². The summed E-state index contributed by atoms with van der Waals surface area (Å²) >= 11 is 1.91. The van der Waals surface area contributed by atoms with Gasteiger partial charge >= 0.3 is 0 Å². The predicted octanol–water partition coefficient (Wildman–Crippen LogP) is 7.51. The smallest absolute Gasteiger partial charge is 0.134 e. The van der Waals surface area contributed by atoms with Crippen LogP contribution >= 0.6 is 11.8 Å². The van der Waals surface area contributed by atoms with Crippen molar-refractivity contribution >= 4 is 28.6 Å². The Labute approximate surface area is 185 Å². The first-order valence-electron chi connectivity index (χ1n) is 10.4. The van der Waals surface area contributed by atoms with Gasteiger partial charge in [0.1, 0.15) is 23.4 Å². The Morgan fingerprint density at radius 1 is 0.774 bits per heavy atom. The maximum Gasteiger partial charge on any atom is 0.134 e. The zero-order valence-electron chi connectivity index (χ0n) is 16.8. The summed E-state index contributed by atoms with van der Waals surface area (Å²) in [4.78, 5) is 1.24. The molecule has 31 heavy (non-hydrogen) atoms. The quantitative estimate of drug-likeness (QED) is 0.342. The van der Waals surface area contributed by atoms with E-state index in [2.05, 4.69) is 66.8 Å². The van der Waals surface area contributed by atoms with Gasteiger partial charge in [0, 0.05) is 0 Å². The number of hydrogen-bond acceptors (Lipinski definition) is 3. The molecule has 2 unspecified atom stereocenters. The summed E-state index contributed by atoms with van der Waals surface area (Å²) in [7, 11) is 0. The molecule has 0 bridgehead atoms. The predicted molar refractivity (Wildman–Crippen MR) is 128 cm³/mol. The number of rotatable bonds is 3. The van der Waals surface area contributed by atoms with Crippen LogP contribution in [0.2, 0.25) is 0 Å². The molecule has 0 amide bonds. The highest BCUT2D eigenvalue weighted by Gasteiger charge is 2.35. The minimum Gasteiger partial charge on any atom is -0.484 e. The Kier molecular flexibility index (Phi) is 4.54. The van der Waals surface area contributed by atoms with Gasteiger partial charge < -0.3 is 9.47 Å². The fourth-order valence-electron chi connectivity index (χ4n) is 4.12. The number of hydrogen-bond donors (Lipinski definition) is 0. The number of para-hydroxylation sites is 1. The summed E-state index contributed by atoms with van der Waals surface area (Å²) in [5, 5.41) is 2.77. The third kappa shape index (κ3) is 3.51. The van der Waals surface area contributed by atoms with Crippen LogP contribution in [-0.2, 0) is 0 Å². The average Bonchev–Trinajstić information content (AvgIpc) is 3.21. The van der Waals surface area contributed by atoms with Crippen LogP contribution in [0.3, 0.4) is 0 Å². The molecular weight excluding hydrogens is 400 g/mol. The number of ether oxygens (including phenoxy) is 2. The second kappa shape index (κ2) is 7.68. The van der Waals surface area contributed by atoms with Gasteiger partial charge in [-0.25, -0.2) is 0 Å². The lowest BCUT2D eigenvalue weighted by molar-refractivity contribution is 0.249. The van der Waals surface area contributed by atoms with Gasteiger partial charge in [-0.2, -0.15) is 0 Å². The number of benzene rings is 4. The molecule has 2 nitrogen and oxygen atoms in total. The second-order valence-corrected chi connectivity index (χ2v) is 8.87. The summed E-state index contributed by atoms with van der Waals surface area (Å²) in [5.41, 5.74) is 2.44. The van der Waals surface area contributed by atoms with Crippen LogP contribution in [0.15, 0.2) is 114 Å². The van der Waals surface area contributed by atoms with E-state index in [1.807, 2.05) is 54.2 Å². The lowest BCUT2D eigenvalue weighted by atomic mass is 10.1. The minimum absolute atomic E-state index is 0.0746. The third-order valence-electron chi connectivity index (χ3n) is 5.65. The molecule has 4 aromatic carbocycles. The van der Waals surface area contributed by atoms with Crippen LogP contribution in [-0.4, -0.2) is 11.4 Å². The van der Waals surface area contributed by atoms with Crippen LogP contribution < -0.4 is 9.47 Å². The number of thioether (sulfide) groups is 1. The van der Waals surface area contributed by atoms with Crippen LogP contribution in [0.5, 0.6) is 17.2 Å². The highest BCUT2D eigenvalue weighted by molar-refractivity contribution is 8.00. The maximum atomic E-state index is 6.35. The fourth-order valence-corrected chi connectivity index (χ4v) is 5.48. The Morgan fingerprint density at radius 3 is 2.42 bits per heavy atom. The van der Waals surface area contributed by atoms with Crippen LogP contribution in [0.25, 0.3) is 16.8 Å². The molecule has 1 aliphatic carbocycles. The minimum atomic E-state index is 0.0746.